The van der Waals surface area contributed by atoms with Crippen LogP contribution in [0.15, 0.2) is 59.2 Å². The molecule has 2 aromatic heterocycles. The van der Waals surface area contributed by atoms with Crippen LogP contribution in [-0.2, 0) is 11.2 Å². The number of H-pyrrole nitrogens is 1. The van der Waals surface area contributed by atoms with Crippen molar-refractivity contribution in [1.82, 2.24) is 15.1 Å². The van der Waals surface area contributed by atoms with E-state index in [2.05, 4.69) is 22.3 Å². The number of nitrogens with zero attached hydrogens (tertiary/aromatic N) is 2. The molecule has 0 saturated heterocycles. The van der Waals surface area contributed by atoms with Crippen molar-refractivity contribution in [2.75, 3.05) is 26.8 Å². The van der Waals surface area contributed by atoms with Gasteiger partial charge in [0, 0.05) is 26.3 Å². The van der Waals surface area contributed by atoms with Gasteiger partial charge >= 0.3 is 0 Å². The second kappa shape index (κ2) is 9.01. The van der Waals surface area contributed by atoms with Crippen LogP contribution < -0.4 is 0 Å². The maximum Gasteiger partial charge on any atom is 0.274 e. The van der Waals surface area contributed by atoms with Gasteiger partial charge in [0.25, 0.3) is 5.91 Å². The molecule has 6 heteroatoms. The number of benzene rings is 1. The first-order valence-corrected chi connectivity index (χ1v) is 8.69. The molecule has 0 spiro atoms. The van der Waals surface area contributed by atoms with E-state index >= 15 is 0 Å². The Kier molecular flexibility index (Phi) is 6.22. The summed E-state index contributed by atoms with van der Waals surface area (Å²) in [6.45, 7) is 1.68. The molecule has 1 aromatic carbocycles. The highest BCUT2D eigenvalue weighted by Gasteiger charge is 2.19. The molecule has 3 aromatic rings. The number of furan rings is 1. The minimum Gasteiger partial charge on any atom is -0.463 e. The maximum atomic E-state index is 12.8. The predicted octanol–water partition coefficient (Wildman–Crippen LogP) is 3.39. The summed E-state index contributed by atoms with van der Waals surface area (Å²) < 4.78 is 10.5. The van der Waals surface area contributed by atoms with Crippen molar-refractivity contribution in [3.8, 4) is 11.5 Å². The average Bonchev–Trinajstić information content (AvgIpc) is 3.36. The van der Waals surface area contributed by atoms with Crippen LogP contribution in [0.3, 0.4) is 0 Å². The molecule has 0 aliphatic carbocycles. The van der Waals surface area contributed by atoms with E-state index in [1.54, 1.807) is 30.4 Å². The number of carbonyl (C=O) groups is 1. The van der Waals surface area contributed by atoms with E-state index in [0.717, 1.165) is 12.8 Å². The molecule has 1 N–H and O–H groups in total. The van der Waals surface area contributed by atoms with Crippen LogP contribution >= 0.6 is 0 Å². The molecule has 0 unspecified atom stereocenters. The van der Waals surface area contributed by atoms with Gasteiger partial charge in [-0.3, -0.25) is 9.89 Å². The van der Waals surface area contributed by atoms with Crippen molar-refractivity contribution in [2.45, 2.75) is 12.8 Å². The van der Waals surface area contributed by atoms with E-state index in [0.29, 0.717) is 36.8 Å². The Bertz CT molecular complexity index is 797. The highest BCUT2D eigenvalue weighted by atomic mass is 16.5. The van der Waals surface area contributed by atoms with Crippen molar-refractivity contribution < 1.29 is 13.9 Å². The molecule has 2 heterocycles. The number of rotatable bonds is 9. The maximum absolute atomic E-state index is 12.8. The van der Waals surface area contributed by atoms with E-state index in [9.17, 15) is 4.79 Å². The fraction of sp³-hybridized carbons (Fsp3) is 0.300. The Labute approximate surface area is 152 Å². The lowest BCUT2D eigenvalue weighted by Gasteiger charge is -2.21. The van der Waals surface area contributed by atoms with Gasteiger partial charge in [-0.05, 0) is 30.5 Å². The first-order chi connectivity index (χ1) is 12.8. The molecule has 0 aliphatic heterocycles. The van der Waals surface area contributed by atoms with Crippen LogP contribution in [-0.4, -0.2) is 47.8 Å². The minimum absolute atomic E-state index is 0.107. The molecule has 0 aliphatic rings. The van der Waals surface area contributed by atoms with E-state index in [1.165, 1.54) is 5.56 Å². The second-order valence-electron chi connectivity index (χ2n) is 6.02. The molecule has 136 valence electrons. The number of amides is 1. The van der Waals surface area contributed by atoms with Crippen LogP contribution in [0.1, 0.15) is 22.5 Å². The van der Waals surface area contributed by atoms with Crippen molar-refractivity contribution in [2.24, 2.45) is 0 Å². The molecule has 0 fully saturated rings. The Morgan fingerprint density at radius 3 is 2.77 bits per heavy atom. The number of hydrogen-bond donors (Lipinski definition) is 1. The molecule has 26 heavy (non-hydrogen) atoms. The Morgan fingerprint density at radius 2 is 2.04 bits per heavy atom. The predicted molar refractivity (Wildman–Crippen MR) is 98.8 cm³/mol. The third-order valence-corrected chi connectivity index (χ3v) is 4.17. The lowest BCUT2D eigenvalue weighted by atomic mass is 10.1. The minimum atomic E-state index is -0.107. The number of nitrogens with one attached hydrogen (secondary N) is 1. The lowest BCUT2D eigenvalue weighted by Crippen LogP contribution is -2.35. The first kappa shape index (κ1) is 17.9. The third kappa shape index (κ3) is 4.61. The fourth-order valence-corrected chi connectivity index (χ4v) is 2.79. The smallest absolute Gasteiger partial charge is 0.274 e. The van der Waals surface area contributed by atoms with Crippen LogP contribution in [0, 0.1) is 0 Å². The van der Waals surface area contributed by atoms with Crippen molar-refractivity contribution in [3.63, 3.8) is 0 Å². The van der Waals surface area contributed by atoms with E-state index in [-0.39, 0.29) is 5.91 Å². The van der Waals surface area contributed by atoms with Gasteiger partial charge in [0.15, 0.2) is 11.5 Å². The molecular formula is C20H23N3O3. The Hall–Kier alpha value is -2.86. The number of ether oxygens (including phenoxy) is 1. The number of aromatic nitrogens is 2. The van der Waals surface area contributed by atoms with Crippen molar-refractivity contribution in [1.29, 1.82) is 0 Å². The largest absolute Gasteiger partial charge is 0.463 e. The first-order valence-electron chi connectivity index (χ1n) is 8.69. The molecule has 3 rings (SSSR count). The molecular weight excluding hydrogens is 330 g/mol. The summed E-state index contributed by atoms with van der Waals surface area (Å²) in [5.74, 6) is 0.549. The molecule has 0 radical (unpaired) electrons. The summed E-state index contributed by atoms with van der Waals surface area (Å²) in [6.07, 6.45) is 3.40. The third-order valence-electron chi connectivity index (χ3n) is 4.17. The van der Waals surface area contributed by atoms with Gasteiger partial charge in [0.05, 0.1) is 12.9 Å². The normalized spacial score (nSPS) is 10.8. The fourth-order valence-electron chi connectivity index (χ4n) is 2.79. The van der Waals surface area contributed by atoms with Gasteiger partial charge in [-0.1, -0.05) is 30.3 Å². The SMILES string of the molecule is COCCN(CCCc1ccccc1)C(=O)c1cc(-c2ccco2)[nH]n1. The number of methoxy groups -OCH3 is 1. The average molecular weight is 353 g/mol. The van der Waals surface area contributed by atoms with Crippen molar-refractivity contribution >= 4 is 5.91 Å². The van der Waals surface area contributed by atoms with Crippen LogP contribution in [0.4, 0.5) is 0 Å². The van der Waals surface area contributed by atoms with E-state index < -0.39 is 0 Å². The van der Waals surface area contributed by atoms with Gasteiger partial charge in [-0.15, -0.1) is 0 Å². The second-order valence-corrected chi connectivity index (χ2v) is 6.02. The number of aromatic amines is 1. The summed E-state index contributed by atoms with van der Waals surface area (Å²) in [4.78, 5) is 14.6. The molecule has 0 saturated carbocycles. The lowest BCUT2D eigenvalue weighted by molar-refractivity contribution is 0.0687. The molecule has 6 nitrogen and oxygen atoms in total. The summed E-state index contributed by atoms with van der Waals surface area (Å²) in [6, 6.07) is 15.6. The Morgan fingerprint density at radius 1 is 1.19 bits per heavy atom. The topological polar surface area (TPSA) is 71.4 Å². The van der Waals surface area contributed by atoms with Gasteiger partial charge in [-0.2, -0.15) is 5.10 Å². The number of aryl methyl sites for hydroxylation is 1. The quantitative estimate of drug-likeness (QED) is 0.640. The Balaban J connectivity index is 1.63. The highest BCUT2D eigenvalue weighted by molar-refractivity contribution is 5.93. The van der Waals surface area contributed by atoms with E-state index in [4.69, 9.17) is 9.15 Å². The zero-order chi connectivity index (χ0) is 18.2. The number of carbonyl (C=O) groups excluding carboxylic acids is 1. The standard InChI is InChI=1S/C20H23N3O3/c1-25-14-12-23(11-5-9-16-7-3-2-4-8-16)20(24)18-15-17(21-22-18)19-10-6-13-26-19/h2-4,6-8,10,13,15H,5,9,11-12,14H2,1H3,(H,21,22). The summed E-state index contributed by atoms with van der Waals surface area (Å²) in [7, 11) is 1.64. The zero-order valence-corrected chi connectivity index (χ0v) is 14.9. The monoisotopic (exact) mass is 353 g/mol. The van der Waals surface area contributed by atoms with Crippen LogP contribution in [0.25, 0.3) is 11.5 Å². The van der Waals surface area contributed by atoms with Gasteiger partial charge in [0.1, 0.15) is 5.69 Å². The molecule has 1 amide bonds. The summed E-state index contributed by atoms with van der Waals surface area (Å²) in [5.41, 5.74) is 2.34. The van der Waals surface area contributed by atoms with Crippen LogP contribution in [0.5, 0.6) is 0 Å². The van der Waals surface area contributed by atoms with Gasteiger partial charge in [-0.25, -0.2) is 0 Å². The highest BCUT2D eigenvalue weighted by Crippen LogP contribution is 2.18. The molecule has 0 atom stereocenters. The zero-order valence-electron chi connectivity index (χ0n) is 14.9. The van der Waals surface area contributed by atoms with E-state index in [1.807, 2.05) is 24.3 Å². The molecule has 0 bridgehead atoms. The summed E-state index contributed by atoms with van der Waals surface area (Å²) >= 11 is 0. The van der Waals surface area contributed by atoms with Gasteiger partial charge in [0.2, 0.25) is 0 Å². The van der Waals surface area contributed by atoms with Crippen molar-refractivity contribution in [3.05, 3.63) is 66.1 Å². The number of hydrogen-bond acceptors (Lipinski definition) is 4. The summed E-state index contributed by atoms with van der Waals surface area (Å²) in [5, 5.41) is 7.01. The van der Waals surface area contributed by atoms with Crippen LogP contribution in [0.2, 0.25) is 0 Å². The van der Waals surface area contributed by atoms with Gasteiger partial charge < -0.3 is 14.1 Å².